The average molecular weight is 393 g/mol. The normalized spacial score (nSPS) is 26.3. The quantitative estimate of drug-likeness (QED) is 0.681. The molecule has 2 aliphatic heterocycles. The van der Waals surface area contributed by atoms with Crippen LogP contribution in [0.5, 0.6) is 0 Å². The minimum Gasteiger partial charge on any atom is -0.342 e. The largest absolute Gasteiger partial charge is 0.416 e. The number of azo groups is 1. The lowest BCUT2D eigenvalue weighted by molar-refractivity contribution is -0.137. The van der Waals surface area contributed by atoms with Crippen LogP contribution in [0.2, 0.25) is 0 Å². The second-order valence-corrected chi connectivity index (χ2v) is 8.46. The van der Waals surface area contributed by atoms with E-state index in [2.05, 4.69) is 15.5 Å². The van der Waals surface area contributed by atoms with E-state index in [-0.39, 0.29) is 29.7 Å². The molecule has 28 heavy (non-hydrogen) atoms. The van der Waals surface area contributed by atoms with Gasteiger partial charge in [0.1, 0.15) is 5.82 Å². The lowest BCUT2D eigenvalue weighted by Crippen LogP contribution is -2.45. The van der Waals surface area contributed by atoms with Crippen molar-refractivity contribution in [2.75, 3.05) is 6.54 Å². The van der Waals surface area contributed by atoms with Crippen molar-refractivity contribution in [3.8, 4) is 0 Å². The van der Waals surface area contributed by atoms with Gasteiger partial charge >= 0.3 is 6.18 Å². The average Bonchev–Trinajstić information content (AvgIpc) is 3.01. The molecule has 3 aliphatic rings. The number of halogens is 4. The van der Waals surface area contributed by atoms with Gasteiger partial charge in [-0.25, -0.2) is 4.39 Å². The summed E-state index contributed by atoms with van der Waals surface area (Å²) in [4.78, 5) is 13.1. The zero-order chi connectivity index (χ0) is 20.5. The first-order valence-electron chi connectivity index (χ1n) is 8.96. The van der Waals surface area contributed by atoms with Gasteiger partial charge in [0.15, 0.2) is 11.6 Å². The molecule has 1 aromatic carbocycles. The Kier molecular flexibility index (Phi) is 3.87. The molecule has 0 spiro atoms. The van der Waals surface area contributed by atoms with Gasteiger partial charge < -0.3 is 5.32 Å². The SMILES string of the molecule is CC1(C)CC(=O)C2=C(C1)NC1=C(CN=N1)[C@]2(C)c1cc(C(F)(F)F)ccc1F. The van der Waals surface area contributed by atoms with E-state index in [1.807, 2.05) is 13.8 Å². The Hall–Kier alpha value is -2.51. The molecule has 0 fully saturated rings. The number of benzene rings is 1. The van der Waals surface area contributed by atoms with Crippen LogP contribution in [-0.2, 0) is 16.4 Å². The van der Waals surface area contributed by atoms with Crippen molar-refractivity contribution in [3.05, 3.63) is 57.8 Å². The van der Waals surface area contributed by atoms with Crippen LogP contribution in [-0.4, -0.2) is 12.3 Å². The zero-order valence-corrected chi connectivity index (χ0v) is 15.7. The van der Waals surface area contributed by atoms with Crippen LogP contribution in [0.4, 0.5) is 17.6 Å². The topological polar surface area (TPSA) is 53.8 Å². The number of ketones is 1. The second-order valence-electron chi connectivity index (χ2n) is 8.46. The molecule has 0 unspecified atom stereocenters. The van der Waals surface area contributed by atoms with Gasteiger partial charge in [-0.3, -0.25) is 4.79 Å². The Labute approximate surface area is 159 Å². The highest BCUT2D eigenvalue weighted by Gasteiger charge is 2.51. The second kappa shape index (κ2) is 5.75. The van der Waals surface area contributed by atoms with Crippen molar-refractivity contribution >= 4 is 5.78 Å². The Morgan fingerprint density at radius 3 is 2.54 bits per heavy atom. The summed E-state index contributed by atoms with van der Waals surface area (Å²) >= 11 is 0. The molecule has 148 valence electrons. The van der Waals surface area contributed by atoms with Gasteiger partial charge in [-0.05, 0) is 37.0 Å². The van der Waals surface area contributed by atoms with Gasteiger partial charge in [0.25, 0.3) is 0 Å². The molecule has 8 heteroatoms. The highest BCUT2D eigenvalue weighted by atomic mass is 19.4. The predicted octanol–water partition coefficient (Wildman–Crippen LogP) is 5.03. The summed E-state index contributed by atoms with van der Waals surface area (Å²) in [5.74, 6) is -0.597. The first-order valence-corrected chi connectivity index (χ1v) is 8.96. The summed E-state index contributed by atoms with van der Waals surface area (Å²) in [6.45, 7) is 5.59. The summed E-state index contributed by atoms with van der Waals surface area (Å²) < 4.78 is 54.8. The Balaban J connectivity index is 1.99. The van der Waals surface area contributed by atoms with Crippen LogP contribution in [0, 0.1) is 11.2 Å². The summed E-state index contributed by atoms with van der Waals surface area (Å²) in [7, 11) is 0. The smallest absolute Gasteiger partial charge is 0.342 e. The molecule has 1 aliphatic carbocycles. The third-order valence-electron chi connectivity index (χ3n) is 5.77. The van der Waals surface area contributed by atoms with Gasteiger partial charge in [0.05, 0.1) is 17.5 Å². The van der Waals surface area contributed by atoms with E-state index in [0.717, 1.165) is 12.1 Å². The van der Waals surface area contributed by atoms with Gasteiger partial charge in [-0.1, -0.05) is 13.8 Å². The maximum atomic E-state index is 14.9. The van der Waals surface area contributed by atoms with E-state index in [1.54, 1.807) is 6.92 Å². The van der Waals surface area contributed by atoms with Gasteiger partial charge in [-0.15, -0.1) is 5.11 Å². The fourth-order valence-corrected chi connectivity index (χ4v) is 4.49. The van der Waals surface area contributed by atoms with Crippen molar-refractivity contribution in [1.82, 2.24) is 5.32 Å². The van der Waals surface area contributed by atoms with Gasteiger partial charge in [0.2, 0.25) is 0 Å². The summed E-state index contributed by atoms with van der Waals surface area (Å²) in [6, 6.07) is 2.33. The molecule has 0 amide bonds. The highest BCUT2D eigenvalue weighted by Crippen LogP contribution is 2.52. The molecule has 0 radical (unpaired) electrons. The molecule has 1 N–H and O–H groups in total. The monoisotopic (exact) mass is 393 g/mol. The van der Waals surface area contributed by atoms with E-state index in [0.29, 0.717) is 35.2 Å². The number of rotatable bonds is 1. The molecule has 4 nitrogen and oxygen atoms in total. The molecule has 4 rings (SSSR count). The zero-order valence-electron chi connectivity index (χ0n) is 15.7. The third-order valence-corrected chi connectivity index (χ3v) is 5.77. The van der Waals surface area contributed by atoms with Crippen LogP contribution in [0.3, 0.4) is 0 Å². The molecule has 0 aromatic heterocycles. The minimum atomic E-state index is -4.62. The number of hydrogen-bond acceptors (Lipinski definition) is 4. The fourth-order valence-electron chi connectivity index (χ4n) is 4.49. The van der Waals surface area contributed by atoms with Crippen LogP contribution >= 0.6 is 0 Å². The standard InChI is InChI=1S/C20H19F4N3O/c1-18(2)7-14-16(15(28)8-18)19(3,12-9-25-27-17(12)26-14)11-6-10(20(22,23)24)4-5-13(11)21/h4-6,26H,7-9H2,1-3H3/t19-/m0/s1. The summed E-state index contributed by atoms with van der Waals surface area (Å²) in [5, 5.41) is 11.1. The summed E-state index contributed by atoms with van der Waals surface area (Å²) in [5.41, 5.74) is -1.40. The number of Topliss-reactive ketones (excluding diaryl/α,β-unsaturated/α-hetero) is 1. The first kappa shape index (κ1) is 18.8. The van der Waals surface area contributed by atoms with Crippen molar-refractivity contribution < 1.29 is 22.4 Å². The molecular formula is C20H19F4N3O. The third kappa shape index (κ3) is 2.69. The number of allylic oxidation sites excluding steroid dienone is 2. The number of nitrogens with one attached hydrogen (secondary N) is 1. The van der Waals surface area contributed by atoms with E-state index >= 15 is 0 Å². The van der Waals surface area contributed by atoms with Gasteiger partial charge in [-0.2, -0.15) is 18.3 Å². The maximum absolute atomic E-state index is 14.9. The lowest BCUT2D eigenvalue weighted by Gasteiger charge is -2.44. The molecule has 0 saturated carbocycles. The first-order chi connectivity index (χ1) is 12.9. The van der Waals surface area contributed by atoms with Crippen molar-refractivity contribution in [1.29, 1.82) is 0 Å². The molecule has 0 saturated heterocycles. The molecule has 0 bridgehead atoms. The Bertz CT molecular complexity index is 988. The Morgan fingerprint density at radius 2 is 1.86 bits per heavy atom. The predicted molar refractivity (Wildman–Crippen MR) is 93.7 cm³/mol. The van der Waals surface area contributed by atoms with E-state index in [9.17, 15) is 22.4 Å². The minimum absolute atomic E-state index is 0.0992. The van der Waals surface area contributed by atoms with Crippen LogP contribution in [0.1, 0.15) is 44.7 Å². The van der Waals surface area contributed by atoms with E-state index < -0.39 is 23.0 Å². The van der Waals surface area contributed by atoms with Crippen molar-refractivity contribution in [3.63, 3.8) is 0 Å². The summed E-state index contributed by atoms with van der Waals surface area (Å²) in [6.07, 6.45) is -3.87. The maximum Gasteiger partial charge on any atom is 0.416 e. The van der Waals surface area contributed by atoms with Crippen molar-refractivity contribution in [2.45, 2.75) is 45.2 Å². The van der Waals surface area contributed by atoms with E-state index in [4.69, 9.17) is 0 Å². The number of carbonyl (C=O) groups excluding carboxylic acids is 1. The van der Waals surface area contributed by atoms with Gasteiger partial charge in [0, 0.05) is 28.8 Å². The fraction of sp³-hybridized carbons (Fsp3) is 0.450. The number of carbonyl (C=O) groups is 1. The number of alkyl halides is 3. The number of hydrogen-bond donors (Lipinski definition) is 1. The molecule has 2 heterocycles. The molecular weight excluding hydrogens is 374 g/mol. The number of nitrogens with zero attached hydrogens (tertiary/aromatic N) is 2. The Morgan fingerprint density at radius 1 is 1.14 bits per heavy atom. The van der Waals surface area contributed by atoms with Crippen LogP contribution in [0.25, 0.3) is 0 Å². The van der Waals surface area contributed by atoms with Crippen LogP contribution < -0.4 is 5.32 Å². The van der Waals surface area contributed by atoms with E-state index in [1.165, 1.54) is 0 Å². The highest BCUT2D eigenvalue weighted by molar-refractivity contribution is 6.01. The molecule has 1 aromatic rings. The lowest BCUT2D eigenvalue weighted by atomic mass is 9.61. The molecule has 1 atom stereocenters. The van der Waals surface area contributed by atoms with Crippen molar-refractivity contribution in [2.24, 2.45) is 15.6 Å². The number of dihydropyridines is 1. The van der Waals surface area contributed by atoms with Crippen LogP contribution in [0.15, 0.2) is 51.1 Å².